The van der Waals surface area contributed by atoms with Gasteiger partial charge in [0.25, 0.3) is 0 Å². The van der Waals surface area contributed by atoms with Gasteiger partial charge in [-0.25, -0.2) is 0 Å². The third-order valence-corrected chi connectivity index (χ3v) is 0. The molecule has 176 valence electrons. The van der Waals surface area contributed by atoms with Gasteiger partial charge in [-0.15, -0.1) is 0 Å². The van der Waals surface area contributed by atoms with E-state index in [1.54, 1.807) is 0 Å². The standard InChI is InChI=1S/2AsF6.2F4HNS/c2*2-1(3,4,5,6)7;2*1-6(2,3,4)5/h;;2*5H/q2*-1;;/p+2. The molecule has 0 aromatic carbocycles. The van der Waals surface area contributed by atoms with Crippen molar-refractivity contribution in [2.24, 2.45) is 0 Å². The van der Waals surface area contributed by atoms with Gasteiger partial charge < -0.3 is 0 Å². The summed E-state index contributed by atoms with van der Waals surface area (Å²) in [7, 11) is -14.7. The predicted octanol–water partition coefficient (Wildman–Crippen LogP) is 4.59. The van der Waals surface area contributed by atoms with Crippen LogP contribution >= 0.6 is 0 Å². The van der Waals surface area contributed by atoms with Gasteiger partial charge >= 0.3 is 90.9 Å². The van der Waals surface area contributed by atoms with Gasteiger partial charge in [0.05, 0.1) is 0 Å². The fourth-order valence-corrected chi connectivity index (χ4v) is 0. The van der Waals surface area contributed by atoms with Crippen LogP contribution in [0.1, 0.15) is 0 Å². The van der Waals surface area contributed by atoms with Gasteiger partial charge in [-0.2, -0.15) is 9.56 Å². The van der Waals surface area contributed by atoms with E-state index < -0.39 is 49.3 Å². The zero-order valence-electron chi connectivity index (χ0n) is 10.4. The molecule has 2 nitrogen and oxygen atoms in total. The molecule has 0 saturated carbocycles. The Morgan fingerprint density at radius 1 is 0.346 bits per heavy atom. The molecule has 0 bridgehead atoms. The maximum Gasteiger partial charge on any atom is 0.460 e. The summed E-state index contributed by atoms with van der Waals surface area (Å²) in [6.45, 7) is 0. The molecule has 0 aromatic heterocycles. The quantitative estimate of drug-likeness (QED) is 0.292. The molecule has 26 heavy (non-hydrogen) atoms. The summed E-state index contributed by atoms with van der Waals surface area (Å²) >= 11 is -22.1. The molecular formula is H4As2F20N2S2. The summed E-state index contributed by atoms with van der Waals surface area (Å²) in [4.78, 5) is 0. The minimum Gasteiger partial charge on any atom is -0.158 e. The van der Waals surface area contributed by atoms with Crippen LogP contribution in [-0.4, -0.2) is 28.3 Å². The van der Waals surface area contributed by atoms with Crippen molar-refractivity contribution in [3.63, 3.8) is 0 Å². The minimum absolute atomic E-state index is 3.04. The third kappa shape index (κ3) is 44600000. The van der Waals surface area contributed by atoms with E-state index in [9.17, 15) is 72.7 Å². The normalized spacial score (nSPS) is 21.2. The van der Waals surface area contributed by atoms with Gasteiger partial charge in [-0.05, 0) is 0 Å². The molecule has 0 fully saturated rings. The van der Waals surface area contributed by atoms with E-state index in [-0.39, 0.29) is 0 Å². The van der Waals surface area contributed by atoms with E-state index in [0.717, 1.165) is 0 Å². The Bertz CT molecular complexity index is 482. The molecule has 0 aliphatic heterocycles. The number of nitrogens with two attached hydrogens (primary N) is 2. The average Bonchev–Trinajstić information content (AvgIpc) is 1.45. The maximum absolute atomic E-state index is 11.1. The maximum atomic E-state index is 10.3. The van der Waals surface area contributed by atoms with E-state index >= 15 is 0 Å². The molecular weight excluding hydrogens is 622 g/mol. The van der Waals surface area contributed by atoms with E-state index in [1.807, 2.05) is 0 Å². The first-order valence-electron chi connectivity index (χ1n) is 3.73. The summed E-state index contributed by atoms with van der Waals surface area (Å²) in [6, 6.07) is 0. The minimum atomic E-state index is -11.1. The topological polar surface area (TPSA) is 51.2 Å². The van der Waals surface area contributed by atoms with Gasteiger partial charge in [-0.3, -0.25) is 0 Å². The second-order valence-electron chi connectivity index (χ2n) is 3.33. The molecule has 0 aliphatic rings. The van der Waals surface area contributed by atoms with E-state index in [0.29, 0.717) is 0 Å². The van der Waals surface area contributed by atoms with Gasteiger partial charge in [0, 0.05) is 0 Å². The smallest absolute Gasteiger partial charge is 0.158 e. The molecule has 26 heteroatoms. The Balaban J connectivity index is -0.000000124. The van der Waals surface area contributed by atoms with E-state index in [4.69, 9.17) is 0 Å². The van der Waals surface area contributed by atoms with Crippen LogP contribution in [0.3, 0.4) is 0 Å². The first-order valence-corrected chi connectivity index (χ1v) is 15.7. The predicted molar refractivity (Wildman–Crippen MR) is 52.2 cm³/mol. The Morgan fingerprint density at radius 2 is 0.346 bits per heavy atom. The van der Waals surface area contributed by atoms with Crippen molar-refractivity contribution in [1.29, 1.82) is 0 Å². The molecule has 4 N–H and O–H groups in total. The fraction of sp³-hybridized carbons (Fsp3) is 0. The van der Waals surface area contributed by atoms with Crippen LogP contribution in [-0.2, 0) is 21.0 Å². The van der Waals surface area contributed by atoms with Crippen molar-refractivity contribution in [1.82, 2.24) is 0 Å². The van der Waals surface area contributed by atoms with Crippen molar-refractivity contribution in [2.45, 2.75) is 0 Å². The van der Waals surface area contributed by atoms with Crippen LogP contribution in [0.5, 0.6) is 0 Å². The Hall–Kier alpha value is 0.0169. The number of halogens is 20. The summed E-state index contributed by atoms with van der Waals surface area (Å²) in [5.74, 6) is 0. The molecule has 0 aliphatic carbocycles. The first kappa shape index (κ1) is 33.6. The summed E-state index contributed by atoms with van der Waals surface area (Å²) in [5.41, 5.74) is 0. The third-order valence-electron chi connectivity index (χ3n) is 0. The molecule has 0 heterocycles. The van der Waals surface area contributed by atoms with Crippen LogP contribution in [0.25, 0.3) is 0 Å². The van der Waals surface area contributed by atoms with Crippen LogP contribution in [0.15, 0.2) is 0 Å². The summed E-state index contributed by atoms with van der Waals surface area (Å²) < 4.78 is 207. The van der Waals surface area contributed by atoms with Crippen molar-refractivity contribution >= 4 is 49.3 Å². The Morgan fingerprint density at radius 3 is 0.346 bits per heavy atom. The van der Waals surface area contributed by atoms with Gasteiger partial charge in [0.2, 0.25) is 0 Å². The summed E-state index contributed by atoms with van der Waals surface area (Å²) in [6.07, 6.45) is 0. The van der Waals surface area contributed by atoms with Gasteiger partial charge in [-0.1, -0.05) is 31.1 Å². The van der Waals surface area contributed by atoms with Crippen LogP contribution in [0.4, 0.5) is 72.7 Å². The molecule has 0 spiro atoms. The summed E-state index contributed by atoms with van der Waals surface area (Å²) in [5, 5.41) is 0. The van der Waals surface area contributed by atoms with Crippen LogP contribution in [0, 0.1) is 0 Å². The fourth-order valence-electron chi connectivity index (χ4n) is 0. The Kier molecular flexibility index (Phi) is 7.45. The monoisotopic (exact) mass is 626 g/mol. The van der Waals surface area contributed by atoms with Crippen LogP contribution < -0.4 is 9.56 Å². The molecule has 0 amide bonds. The second kappa shape index (κ2) is 5.77. The van der Waals surface area contributed by atoms with Crippen LogP contribution in [0.2, 0.25) is 0 Å². The Labute approximate surface area is 132 Å². The molecule has 0 radical (unpaired) electrons. The number of rotatable bonds is 0. The van der Waals surface area contributed by atoms with E-state index in [2.05, 4.69) is 9.56 Å². The molecule has 0 atom stereocenters. The largest absolute Gasteiger partial charge is 0.460 e. The zero-order chi connectivity index (χ0) is 23.7. The SMILES string of the molecule is F[As-](F)(F)(F)(F)F.F[As-](F)(F)(F)(F)F.[NH2+]=S(F)(F)(F)F.[NH2+]=S(F)(F)(F)F. The molecule has 0 unspecified atom stereocenters. The number of hydrogen-bond donors (Lipinski definition) is 2. The molecule has 0 aromatic rings. The van der Waals surface area contributed by atoms with Crippen molar-refractivity contribution < 1.29 is 82.2 Å². The van der Waals surface area contributed by atoms with E-state index in [1.165, 1.54) is 0 Å². The molecule has 0 saturated heterocycles. The van der Waals surface area contributed by atoms with Crippen molar-refractivity contribution in [3.05, 3.63) is 0 Å². The van der Waals surface area contributed by atoms with Crippen molar-refractivity contribution in [2.75, 3.05) is 0 Å². The number of hydrogen-bond acceptors (Lipinski definition) is 0. The first-order chi connectivity index (χ1) is 9.37. The zero-order valence-corrected chi connectivity index (χ0v) is 15.8. The second-order valence-corrected chi connectivity index (χ2v) is 14.2. The van der Waals surface area contributed by atoms with Gasteiger partial charge in [0.1, 0.15) is 0 Å². The van der Waals surface area contributed by atoms with Crippen molar-refractivity contribution in [3.8, 4) is 0 Å². The van der Waals surface area contributed by atoms with Gasteiger partial charge in [0.15, 0.2) is 0 Å². The molecule has 0 rings (SSSR count). The average molecular weight is 626 g/mol.